The van der Waals surface area contributed by atoms with Crippen LogP contribution in [0.3, 0.4) is 0 Å². The Morgan fingerprint density at radius 2 is 2.22 bits per heavy atom. The van der Waals surface area contributed by atoms with Crippen LogP contribution in [0.5, 0.6) is 0 Å². The first-order valence-corrected chi connectivity index (χ1v) is 8.51. The predicted molar refractivity (Wildman–Crippen MR) is 68.4 cm³/mol. The summed E-state index contributed by atoms with van der Waals surface area (Å²) in [6.07, 6.45) is 0. The van der Waals surface area contributed by atoms with Crippen LogP contribution in [0.4, 0.5) is 0 Å². The molecule has 96 valence electrons. The van der Waals surface area contributed by atoms with Gasteiger partial charge in [0.15, 0.2) is 5.69 Å². The molecule has 2 aromatic heterocycles. The summed E-state index contributed by atoms with van der Waals surface area (Å²) in [6.45, 7) is 0.216. The molecule has 0 aliphatic rings. The number of carbonyl (C=O) groups excluding carboxylic acids is 1. The molecule has 10 heteroatoms. The molecule has 0 aromatic carbocycles. The zero-order chi connectivity index (χ0) is 13.2. The van der Waals surface area contributed by atoms with Crippen LogP contribution in [-0.4, -0.2) is 23.9 Å². The number of hydrogen-bond donors (Lipinski definition) is 1. The van der Waals surface area contributed by atoms with Gasteiger partial charge < -0.3 is 5.32 Å². The third-order valence-electron chi connectivity index (χ3n) is 1.89. The average Bonchev–Trinajstić information content (AvgIpc) is 2.96. The van der Waals surface area contributed by atoms with E-state index in [4.69, 9.17) is 10.7 Å². The number of halogens is 1. The highest BCUT2D eigenvalue weighted by molar-refractivity contribution is 8.15. The number of nitrogens with zero attached hydrogens (tertiary/aromatic N) is 2. The van der Waals surface area contributed by atoms with Crippen molar-refractivity contribution in [2.75, 3.05) is 0 Å². The molecule has 0 aliphatic heterocycles. The predicted octanol–water partition coefficient (Wildman–Crippen LogP) is 1.46. The van der Waals surface area contributed by atoms with E-state index in [0.717, 1.165) is 22.9 Å². The van der Waals surface area contributed by atoms with E-state index in [1.807, 2.05) is 0 Å². The summed E-state index contributed by atoms with van der Waals surface area (Å²) in [7, 11) is 1.49. The highest BCUT2D eigenvalue weighted by Gasteiger charge is 2.14. The first kappa shape index (κ1) is 13.4. The average molecular weight is 324 g/mol. The van der Waals surface area contributed by atoms with Crippen LogP contribution in [0.15, 0.2) is 21.7 Å². The first-order valence-electron chi connectivity index (χ1n) is 4.55. The fourth-order valence-electron chi connectivity index (χ4n) is 1.11. The Kier molecular flexibility index (Phi) is 3.95. The maximum absolute atomic E-state index is 11.5. The largest absolute Gasteiger partial charge is 0.346 e. The van der Waals surface area contributed by atoms with E-state index in [9.17, 15) is 13.2 Å². The van der Waals surface area contributed by atoms with Crippen LogP contribution in [0.25, 0.3) is 0 Å². The van der Waals surface area contributed by atoms with Crippen molar-refractivity contribution in [3.05, 3.63) is 28.1 Å². The van der Waals surface area contributed by atoms with Crippen LogP contribution in [0.2, 0.25) is 0 Å². The molecule has 0 unspecified atom stereocenters. The molecule has 1 N–H and O–H groups in total. The van der Waals surface area contributed by atoms with E-state index in [-0.39, 0.29) is 22.4 Å². The minimum Gasteiger partial charge on any atom is -0.346 e. The monoisotopic (exact) mass is 323 g/mol. The van der Waals surface area contributed by atoms with Gasteiger partial charge in [-0.25, -0.2) is 8.42 Å². The second-order valence-electron chi connectivity index (χ2n) is 3.13. The smallest absolute Gasteiger partial charge is 0.273 e. The fourth-order valence-corrected chi connectivity index (χ4v) is 3.60. The van der Waals surface area contributed by atoms with E-state index < -0.39 is 9.05 Å². The Morgan fingerprint density at radius 1 is 1.44 bits per heavy atom. The topological polar surface area (TPSA) is 89.0 Å². The lowest BCUT2D eigenvalue weighted by atomic mass is 10.4. The van der Waals surface area contributed by atoms with Crippen molar-refractivity contribution < 1.29 is 13.2 Å². The molecule has 0 saturated carbocycles. The zero-order valence-electron chi connectivity index (χ0n) is 8.66. The van der Waals surface area contributed by atoms with Crippen molar-refractivity contribution >= 4 is 48.5 Å². The van der Waals surface area contributed by atoms with Gasteiger partial charge in [-0.3, -0.25) is 4.79 Å². The van der Waals surface area contributed by atoms with Crippen molar-refractivity contribution in [3.8, 4) is 0 Å². The Labute approximate surface area is 115 Å². The molecule has 0 aliphatic carbocycles. The standard InChI is InChI=1S/C8H6ClN3O3S3/c9-18(14,15)7-2-1-5(17-7)3-10-8(13)6-4-16-12-11-6/h1-2,4H,3H2,(H,10,13). The Hall–Kier alpha value is -1.03. The van der Waals surface area contributed by atoms with Gasteiger partial charge in [0, 0.05) is 20.9 Å². The summed E-state index contributed by atoms with van der Waals surface area (Å²) in [5.41, 5.74) is 0.238. The molecule has 0 radical (unpaired) electrons. The minimum atomic E-state index is -3.71. The van der Waals surface area contributed by atoms with E-state index in [2.05, 4.69) is 14.9 Å². The molecular weight excluding hydrogens is 318 g/mol. The second-order valence-corrected chi connectivity index (χ2v) is 7.70. The molecule has 0 spiro atoms. The molecule has 0 fully saturated rings. The fraction of sp³-hybridized carbons (Fsp3) is 0.125. The third kappa shape index (κ3) is 3.25. The van der Waals surface area contributed by atoms with Crippen molar-refractivity contribution in [1.82, 2.24) is 14.9 Å². The molecule has 2 rings (SSSR count). The molecule has 1 amide bonds. The van der Waals surface area contributed by atoms with Crippen LogP contribution >= 0.6 is 33.6 Å². The number of amides is 1. The number of nitrogens with one attached hydrogen (secondary N) is 1. The van der Waals surface area contributed by atoms with Crippen LogP contribution in [0.1, 0.15) is 15.4 Å². The molecule has 0 bridgehead atoms. The van der Waals surface area contributed by atoms with Gasteiger partial charge in [0.2, 0.25) is 0 Å². The number of thiophene rings is 1. The third-order valence-corrected chi connectivity index (χ3v) is 5.58. The highest BCUT2D eigenvalue weighted by Crippen LogP contribution is 2.24. The SMILES string of the molecule is O=C(NCc1ccc(S(=O)(=O)Cl)s1)c1csnn1. The molecule has 2 aromatic rings. The highest BCUT2D eigenvalue weighted by atomic mass is 35.7. The molecule has 6 nitrogen and oxygen atoms in total. The maximum atomic E-state index is 11.5. The van der Waals surface area contributed by atoms with Gasteiger partial charge in [0.25, 0.3) is 15.0 Å². The van der Waals surface area contributed by atoms with Crippen LogP contribution in [0, 0.1) is 0 Å². The van der Waals surface area contributed by atoms with E-state index in [0.29, 0.717) is 4.88 Å². The molecule has 18 heavy (non-hydrogen) atoms. The molecule has 0 atom stereocenters. The summed E-state index contributed by atoms with van der Waals surface area (Å²) in [6, 6.07) is 3.00. The van der Waals surface area contributed by atoms with Gasteiger partial charge in [-0.05, 0) is 23.7 Å². The van der Waals surface area contributed by atoms with Gasteiger partial charge in [0.05, 0.1) is 6.54 Å². The second kappa shape index (κ2) is 5.31. The summed E-state index contributed by atoms with van der Waals surface area (Å²) in [5.74, 6) is -0.354. The van der Waals surface area contributed by atoms with E-state index in [1.165, 1.54) is 11.4 Å². The Morgan fingerprint density at radius 3 is 2.78 bits per heavy atom. The van der Waals surface area contributed by atoms with Crippen molar-refractivity contribution in [1.29, 1.82) is 0 Å². The van der Waals surface area contributed by atoms with Crippen LogP contribution in [-0.2, 0) is 15.6 Å². The van der Waals surface area contributed by atoms with Crippen molar-refractivity contribution in [2.24, 2.45) is 0 Å². The van der Waals surface area contributed by atoms with Crippen molar-refractivity contribution in [3.63, 3.8) is 0 Å². The molecule has 0 saturated heterocycles. The molecule has 2 heterocycles. The van der Waals surface area contributed by atoms with Crippen LogP contribution < -0.4 is 5.32 Å². The number of hydrogen-bond acceptors (Lipinski definition) is 7. The van der Waals surface area contributed by atoms with E-state index in [1.54, 1.807) is 6.07 Å². The maximum Gasteiger partial charge on any atom is 0.273 e. The van der Waals surface area contributed by atoms with Gasteiger partial charge in [-0.15, -0.1) is 16.4 Å². The normalized spacial score (nSPS) is 11.4. The summed E-state index contributed by atoms with van der Waals surface area (Å²) in [4.78, 5) is 12.2. The first-order chi connectivity index (χ1) is 8.47. The Bertz CT molecular complexity index is 650. The molecular formula is C8H6ClN3O3S3. The van der Waals surface area contributed by atoms with Gasteiger partial charge >= 0.3 is 0 Å². The number of aromatic nitrogens is 2. The number of carbonyl (C=O) groups is 1. The zero-order valence-corrected chi connectivity index (χ0v) is 11.9. The summed E-state index contributed by atoms with van der Waals surface area (Å²) in [5, 5.41) is 7.75. The van der Waals surface area contributed by atoms with Gasteiger partial charge in [-0.1, -0.05) is 4.49 Å². The summed E-state index contributed by atoms with van der Waals surface area (Å²) < 4.78 is 25.7. The van der Waals surface area contributed by atoms with Gasteiger partial charge in [0.1, 0.15) is 4.21 Å². The number of rotatable bonds is 4. The summed E-state index contributed by atoms with van der Waals surface area (Å²) >= 11 is 2.09. The van der Waals surface area contributed by atoms with E-state index >= 15 is 0 Å². The van der Waals surface area contributed by atoms with Crippen molar-refractivity contribution in [2.45, 2.75) is 10.8 Å². The van der Waals surface area contributed by atoms with Gasteiger partial charge in [-0.2, -0.15) is 0 Å². The lowest BCUT2D eigenvalue weighted by Gasteiger charge is -1.99. The lowest BCUT2D eigenvalue weighted by molar-refractivity contribution is 0.0946. The Balaban J connectivity index is 1.99. The lowest BCUT2D eigenvalue weighted by Crippen LogP contribution is -2.22. The minimum absolute atomic E-state index is 0.0590. The quantitative estimate of drug-likeness (QED) is 0.860.